The van der Waals surface area contributed by atoms with Crippen molar-refractivity contribution in [3.63, 3.8) is 0 Å². The molecular weight excluding hydrogens is 380 g/mol. The number of hydrogen-bond donors (Lipinski definition) is 1. The van der Waals surface area contributed by atoms with Crippen LogP contribution in [0.2, 0.25) is 0 Å². The Labute approximate surface area is 155 Å². The molecule has 6 nitrogen and oxygen atoms in total. The molecule has 130 valence electrons. The number of rotatable bonds is 4. The fraction of sp³-hybridized carbons (Fsp3) is 0.389. The monoisotopic (exact) mass is 400 g/mol. The highest BCUT2D eigenvalue weighted by Gasteiger charge is 2.21. The van der Waals surface area contributed by atoms with Crippen molar-refractivity contribution in [2.24, 2.45) is 7.05 Å². The van der Waals surface area contributed by atoms with Crippen LogP contribution in [0.5, 0.6) is 0 Å². The highest BCUT2D eigenvalue weighted by Crippen LogP contribution is 2.28. The van der Waals surface area contributed by atoms with Crippen LogP contribution in [0.25, 0.3) is 11.0 Å². The van der Waals surface area contributed by atoms with Crippen LogP contribution in [-0.4, -0.2) is 43.8 Å². The van der Waals surface area contributed by atoms with Crippen molar-refractivity contribution in [3.05, 3.63) is 46.8 Å². The predicted octanol–water partition coefficient (Wildman–Crippen LogP) is 3.20. The summed E-state index contributed by atoms with van der Waals surface area (Å²) in [6.45, 7) is 3.21. The minimum atomic E-state index is 0.428. The van der Waals surface area contributed by atoms with Gasteiger partial charge in [-0.1, -0.05) is 30.3 Å². The Bertz CT molecular complexity index is 855. The topological polar surface area (TPSA) is 58.9 Å². The summed E-state index contributed by atoms with van der Waals surface area (Å²) in [5.41, 5.74) is 2.22. The van der Waals surface area contributed by atoms with Crippen LogP contribution in [0.1, 0.15) is 18.4 Å². The molecule has 0 aliphatic carbocycles. The molecule has 7 heteroatoms. The molecule has 0 bridgehead atoms. The molecule has 3 aromatic rings. The van der Waals surface area contributed by atoms with Gasteiger partial charge in [-0.25, -0.2) is 14.6 Å². The molecule has 4 rings (SSSR count). The number of nitrogens with zero attached hydrogens (tertiary/aromatic N) is 5. The smallest absolute Gasteiger partial charge is 0.164 e. The minimum Gasteiger partial charge on any atom is -0.366 e. The summed E-state index contributed by atoms with van der Waals surface area (Å²) in [7, 11) is 1.89. The van der Waals surface area contributed by atoms with Crippen molar-refractivity contribution < 1.29 is 0 Å². The third kappa shape index (κ3) is 3.52. The number of halogens is 1. The molecule has 0 atom stereocenters. The molecule has 0 radical (unpaired) electrons. The van der Waals surface area contributed by atoms with Gasteiger partial charge in [0, 0.05) is 32.7 Å². The number of anilines is 1. The van der Waals surface area contributed by atoms with E-state index in [1.54, 1.807) is 11.0 Å². The standard InChI is InChI=1S/C18H21BrN6/c1-24-18-15(16(19)23-24)17(20-12-21-18)22-14-7-9-25(10-8-14)11-13-5-3-2-4-6-13/h2-6,12,14H,7-11H2,1H3,(H,20,21,22). The summed E-state index contributed by atoms with van der Waals surface area (Å²) in [4.78, 5) is 11.3. The zero-order chi connectivity index (χ0) is 17.2. The number of likely N-dealkylation sites (tertiary alicyclic amines) is 1. The number of nitrogens with one attached hydrogen (secondary N) is 1. The summed E-state index contributed by atoms with van der Waals surface area (Å²) in [6.07, 6.45) is 3.82. The molecule has 1 fully saturated rings. The first-order valence-corrected chi connectivity index (χ1v) is 9.36. The van der Waals surface area contributed by atoms with E-state index in [1.807, 2.05) is 7.05 Å². The Morgan fingerprint density at radius 3 is 2.68 bits per heavy atom. The summed E-state index contributed by atoms with van der Waals surface area (Å²) >= 11 is 3.52. The second-order valence-electron chi connectivity index (χ2n) is 6.52. The molecule has 1 aliphatic rings. The molecule has 3 heterocycles. The quantitative estimate of drug-likeness (QED) is 0.728. The van der Waals surface area contributed by atoms with Crippen molar-refractivity contribution in [3.8, 4) is 0 Å². The maximum atomic E-state index is 4.44. The third-order valence-corrected chi connectivity index (χ3v) is 5.31. The molecule has 0 amide bonds. The van der Waals surface area contributed by atoms with Crippen LogP contribution in [0, 0.1) is 0 Å². The lowest BCUT2D eigenvalue weighted by atomic mass is 10.0. The van der Waals surface area contributed by atoms with Gasteiger partial charge in [-0.05, 0) is 34.3 Å². The number of fused-ring (bicyclic) bond motifs is 1. The number of benzene rings is 1. The lowest BCUT2D eigenvalue weighted by Gasteiger charge is -2.32. The second-order valence-corrected chi connectivity index (χ2v) is 7.27. The molecule has 2 aromatic heterocycles. The molecule has 1 aliphatic heterocycles. The van der Waals surface area contributed by atoms with E-state index in [4.69, 9.17) is 0 Å². The number of aryl methyl sites for hydroxylation is 1. The maximum Gasteiger partial charge on any atom is 0.164 e. The zero-order valence-electron chi connectivity index (χ0n) is 14.2. The fourth-order valence-corrected chi connectivity index (χ4v) is 4.02. The SMILES string of the molecule is Cn1nc(Br)c2c(NC3CCN(Cc4ccccc4)CC3)ncnc21. The number of aromatic nitrogens is 4. The van der Waals surface area contributed by atoms with E-state index in [0.717, 1.165) is 53.9 Å². The lowest BCUT2D eigenvalue weighted by molar-refractivity contribution is 0.211. The first-order chi connectivity index (χ1) is 12.2. The van der Waals surface area contributed by atoms with Gasteiger partial charge in [0.2, 0.25) is 0 Å². The largest absolute Gasteiger partial charge is 0.366 e. The highest BCUT2D eigenvalue weighted by molar-refractivity contribution is 9.10. The normalized spacial score (nSPS) is 16.4. The predicted molar refractivity (Wildman–Crippen MR) is 102 cm³/mol. The number of piperidine rings is 1. The van der Waals surface area contributed by atoms with Crippen molar-refractivity contribution in [1.29, 1.82) is 0 Å². The van der Waals surface area contributed by atoms with Gasteiger partial charge >= 0.3 is 0 Å². The molecule has 1 saturated heterocycles. The maximum absolute atomic E-state index is 4.44. The van der Waals surface area contributed by atoms with Crippen LogP contribution in [-0.2, 0) is 13.6 Å². The Kier molecular flexibility index (Phi) is 4.67. The lowest BCUT2D eigenvalue weighted by Crippen LogP contribution is -2.38. The van der Waals surface area contributed by atoms with Crippen molar-refractivity contribution in [1.82, 2.24) is 24.6 Å². The van der Waals surface area contributed by atoms with E-state index < -0.39 is 0 Å². The third-order valence-electron chi connectivity index (χ3n) is 4.76. The van der Waals surface area contributed by atoms with Crippen molar-refractivity contribution in [2.75, 3.05) is 18.4 Å². The average molecular weight is 401 g/mol. The Morgan fingerprint density at radius 1 is 1.16 bits per heavy atom. The minimum absolute atomic E-state index is 0.428. The van der Waals surface area contributed by atoms with Crippen LogP contribution < -0.4 is 5.32 Å². The fourth-order valence-electron chi connectivity index (χ4n) is 3.42. The van der Waals surface area contributed by atoms with E-state index in [9.17, 15) is 0 Å². The summed E-state index contributed by atoms with van der Waals surface area (Å²) in [5, 5.41) is 8.94. The van der Waals surface area contributed by atoms with Crippen LogP contribution in [0.4, 0.5) is 5.82 Å². The van der Waals surface area contributed by atoms with E-state index >= 15 is 0 Å². The molecule has 0 spiro atoms. The van der Waals surface area contributed by atoms with E-state index in [1.165, 1.54) is 5.56 Å². The summed E-state index contributed by atoms with van der Waals surface area (Å²) < 4.78 is 2.56. The van der Waals surface area contributed by atoms with Crippen LogP contribution >= 0.6 is 15.9 Å². The average Bonchev–Trinajstić information content (AvgIpc) is 2.93. The zero-order valence-corrected chi connectivity index (χ0v) is 15.8. The van der Waals surface area contributed by atoms with E-state index in [0.29, 0.717) is 6.04 Å². The van der Waals surface area contributed by atoms with Crippen molar-refractivity contribution >= 4 is 32.8 Å². The van der Waals surface area contributed by atoms with Gasteiger partial charge in [-0.3, -0.25) is 4.90 Å². The Hall–Kier alpha value is -1.99. The van der Waals surface area contributed by atoms with E-state index in [-0.39, 0.29) is 0 Å². The summed E-state index contributed by atoms with van der Waals surface area (Å²) in [5.74, 6) is 0.867. The van der Waals surface area contributed by atoms with Gasteiger partial charge in [-0.2, -0.15) is 5.10 Å². The Balaban J connectivity index is 1.41. The molecule has 1 aromatic carbocycles. The Morgan fingerprint density at radius 2 is 1.92 bits per heavy atom. The highest BCUT2D eigenvalue weighted by atomic mass is 79.9. The molecule has 0 saturated carbocycles. The second kappa shape index (κ2) is 7.09. The van der Waals surface area contributed by atoms with Gasteiger partial charge in [0.25, 0.3) is 0 Å². The van der Waals surface area contributed by atoms with Crippen molar-refractivity contribution in [2.45, 2.75) is 25.4 Å². The first kappa shape index (κ1) is 16.5. The van der Waals surface area contributed by atoms with Gasteiger partial charge in [0.1, 0.15) is 16.7 Å². The molecule has 1 N–H and O–H groups in total. The molecule has 0 unspecified atom stereocenters. The summed E-state index contributed by atoms with van der Waals surface area (Å²) in [6, 6.07) is 11.1. The van der Waals surface area contributed by atoms with Crippen LogP contribution in [0.15, 0.2) is 41.3 Å². The number of hydrogen-bond acceptors (Lipinski definition) is 5. The van der Waals surface area contributed by atoms with E-state index in [2.05, 4.69) is 71.5 Å². The first-order valence-electron chi connectivity index (χ1n) is 8.57. The van der Waals surface area contributed by atoms with Gasteiger partial charge < -0.3 is 5.32 Å². The molecule has 25 heavy (non-hydrogen) atoms. The van der Waals surface area contributed by atoms with Gasteiger partial charge in [0.15, 0.2) is 5.65 Å². The van der Waals surface area contributed by atoms with Gasteiger partial charge in [0.05, 0.1) is 5.39 Å². The molecular formula is C18H21BrN6. The van der Waals surface area contributed by atoms with Crippen LogP contribution in [0.3, 0.4) is 0 Å². The van der Waals surface area contributed by atoms with Gasteiger partial charge in [-0.15, -0.1) is 0 Å².